The van der Waals surface area contributed by atoms with Gasteiger partial charge >= 0.3 is 5.00 Å². The van der Waals surface area contributed by atoms with Crippen LogP contribution in [0.25, 0.3) is 0 Å². The molecule has 1 saturated heterocycles. The number of nitrogens with one attached hydrogen (secondary N) is 1. The smallest absolute Gasteiger partial charge is 0.342 e. The van der Waals surface area contributed by atoms with Crippen LogP contribution in [0.5, 0.6) is 0 Å². The number of nitrogens with zero attached hydrogens (tertiary/aromatic N) is 3. The largest absolute Gasteiger partial charge is 0.345 e. The lowest BCUT2D eigenvalue weighted by Gasteiger charge is -2.15. The molecule has 0 bridgehead atoms. The van der Waals surface area contributed by atoms with Gasteiger partial charge in [0, 0.05) is 19.5 Å². The first-order valence-electron chi connectivity index (χ1n) is 6.70. The molecule has 1 aromatic heterocycles. The second-order valence-electron chi connectivity index (χ2n) is 4.84. The lowest BCUT2D eigenvalue weighted by atomic mass is 10.1. The summed E-state index contributed by atoms with van der Waals surface area (Å²) in [4.78, 5) is 39.3. The molecule has 0 spiro atoms. The number of hydrogen-bond acceptors (Lipinski definition) is 6. The second kappa shape index (κ2) is 6.61. The minimum Gasteiger partial charge on any atom is -0.342 e. The third-order valence-electron chi connectivity index (χ3n) is 3.27. The van der Waals surface area contributed by atoms with Crippen LogP contribution in [0, 0.1) is 16.0 Å². The lowest BCUT2D eigenvalue weighted by molar-refractivity contribution is -0.380. The molecule has 0 aliphatic carbocycles. The highest BCUT2D eigenvalue weighted by molar-refractivity contribution is 7.18. The summed E-state index contributed by atoms with van der Waals surface area (Å²) in [6, 6.07) is 0. The number of aromatic nitrogens is 1. The van der Waals surface area contributed by atoms with Gasteiger partial charge in [-0.2, -0.15) is 0 Å². The molecule has 1 aliphatic rings. The summed E-state index contributed by atoms with van der Waals surface area (Å²) in [6.45, 7) is 3.11. The Labute approximate surface area is 125 Å². The van der Waals surface area contributed by atoms with Crippen LogP contribution in [0.1, 0.15) is 26.2 Å². The number of amides is 2. The summed E-state index contributed by atoms with van der Waals surface area (Å²) in [5.74, 6) is -0.752. The summed E-state index contributed by atoms with van der Waals surface area (Å²) in [6.07, 6.45) is 3.19. The molecule has 8 nitrogen and oxygen atoms in total. The Morgan fingerprint density at radius 2 is 2.43 bits per heavy atom. The minimum atomic E-state index is -0.557. The molecule has 2 amide bonds. The molecule has 0 unspecified atom stereocenters. The Balaban J connectivity index is 1.91. The maximum absolute atomic E-state index is 12.1. The molecule has 1 aromatic rings. The molecule has 1 fully saturated rings. The lowest BCUT2D eigenvalue weighted by Crippen LogP contribution is -2.29. The van der Waals surface area contributed by atoms with Crippen LogP contribution in [0.4, 0.5) is 10.1 Å². The van der Waals surface area contributed by atoms with Crippen molar-refractivity contribution in [3.63, 3.8) is 0 Å². The molecule has 21 heavy (non-hydrogen) atoms. The third kappa shape index (κ3) is 3.75. The normalized spacial score (nSPS) is 18.0. The van der Waals surface area contributed by atoms with Gasteiger partial charge in [-0.25, -0.2) is 4.98 Å². The number of carbonyl (C=O) groups excluding carboxylic acids is 2. The van der Waals surface area contributed by atoms with Crippen LogP contribution in [-0.4, -0.2) is 39.7 Å². The molecule has 0 radical (unpaired) electrons. The summed E-state index contributed by atoms with van der Waals surface area (Å²) < 4.78 is 0. The van der Waals surface area contributed by atoms with Crippen LogP contribution in [-0.2, 0) is 9.59 Å². The zero-order valence-electron chi connectivity index (χ0n) is 11.6. The number of rotatable bonds is 6. The number of likely N-dealkylation sites (tertiary alicyclic amines) is 1. The highest BCUT2D eigenvalue weighted by atomic mass is 32.1. The van der Waals surface area contributed by atoms with Crippen molar-refractivity contribution in [2.24, 2.45) is 5.92 Å². The van der Waals surface area contributed by atoms with Crippen molar-refractivity contribution >= 4 is 33.3 Å². The minimum absolute atomic E-state index is 0.0197. The van der Waals surface area contributed by atoms with E-state index in [2.05, 4.69) is 10.3 Å². The summed E-state index contributed by atoms with van der Waals surface area (Å²) in [5, 5.41) is 13.2. The number of thiazole rings is 1. The van der Waals surface area contributed by atoms with Gasteiger partial charge in [0.15, 0.2) is 5.13 Å². The van der Waals surface area contributed by atoms with Gasteiger partial charge in [-0.15, -0.1) is 0 Å². The van der Waals surface area contributed by atoms with E-state index in [9.17, 15) is 19.7 Å². The predicted octanol–water partition coefficient (Wildman–Crippen LogP) is 1.64. The van der Waals surface area contributed by atoms with Crippen LogP contribution in [0.15, 0.2) is 6.20 Å². The molecule has 114 valence electrons. The number of nitro groups is 1. The Morgan fingerprint density at radius 1 is 1.67 bits per heavy atom. The second-order valence-corrected chi connectivity index (χ2v) is 5.85. The van der Waals surface area contributed by atoms with Crippen molar-refractivity contribution in [1.29, 1.82) is 0 Å². The van der Waals surface area contributed by atoms with E-state index < -0.39 is 10.8 Å². The standard InChI is InChI=1S/C12H16N4O4S/c1-2-3-4-15-7-8(5-9(15)17)11(18)14-12-13-6-10(21-12)16(19)20/h6,8H,2-5,7H2,1H3,(H,13,14,18)/t8-/m0/s1. The van der Waals surface area contributed by atoms with Crippen molar-refractivity contribution in [2.75, 3.05) is 18.4 Å². The fourth-order valence-corrected chi connectivity index (χ4v) is 2.76. The Morgan fingerprint density at radius 3 is 3.05 bits per heavy atom. The van der Waals surface area contributed by atoms with Gasteiger partial charge in [-0.1, -0.05) is 13.3 Å². The van der Waals surface area contributed by atoms with E-state index in [1.807, 2.05) is 6.92 Å². The zero-order valence-corrected chi connectivity index (χ0v) is 12.4. The van der Waals surface area contributed by atoms with Crippen LogP contribution < -0.4 is 5.32 Å². The molecule has 0 saturated carbocycles. The summed E-state index contributed by atoms with van der Waals surface area (Å²) in [7, 11) is 0. The van der Waals surface area contributed by atoms with Gasteiger partial charge < -0.3 is 10.2 Å². The fourth-order valence-electron chi connectivity index (χ4n) is 2.13. The van der Waals surface area contributed by atoms with E-state index in [1.54, 1.807) is 4.90 Å². The van der Waals surface area contributed by atoms with Crippen molar-refractivity contribution in [1.82, 2.24) is 9.88 Å². The van der Waals surface area contributed by atoms with Gasteiger partial charge in [0.2, 0.25) is 11.8 Å². The molecule has 1 aliphatic heterocycles. The van der Waals surface area contributed by atoms with Crippen molar-refractivity contribution < 1.29 is 14.5 Å². The first kappa shape index (κ1) is 15.4. The molecule has 1 N–H and O–H groups in total. The molecule has 2 rings (SSSR count). The first-order chi connectivity index (χ1) is 10.0. The topological polar surface area (TPSA) is 105 Å². The van der Waals surface area contributed by atoms with E-state index in [-0.39, 0.29) is 28.4 Å². The monoisotopic (exact) mass is 312 g/mol. The third-order valence-corrected chi connectivity index (χ3v) is 4.13. The van der Waals surface area contributed by atoms with E-state index in [0.717, 1.165) is 30.4 Å². The quantitative estimate of drug-likeness (QED) is 0.635. The maximum Gasteiger partial charge on any atom is 0.345 e. The van der Waals surface area contributed by atoms with E-state index in [1.165, 1.54) is 0 Å². The van der Waals surface area contributed by atoms with Crippen molar-refractivity contribution in [2.45, 2.75) is 26.2 Å². The number of carbonyl (C=O) groups is 2. The van der Waals surface area contributed by atoms with Gasteiger partial charge in [-0.3, -0.25) is 19.7 Å². The zero-order chi connectivity index (χ0) is 15.4. The SMILES string of the molecule is CCCCN1C[C@@H](C(=O)Nc2ncc([N+](=O)[O-])s2)CC1=O. The highest BCUT2D eigenvalue weighted by Gasteiger charge is 2.34. The molecule has 9 heteroatoms. The van der Waals surface area contributed by atoms with Crippen molar-refractivity contribution in [3.8, 4) is 0 Å². The molecule has 1 atom stereocenters. The van der Waals surface area contributed by atoms with Crippen LogP contribution in [0.2, 0.25) is 0 Å². The van der Waals surface area contributed by atoms with E-state index >= 15 is 0 Å². The van der Waals surface area contributed by atoms with E-state index in [4.69, 9.17) is 0 Å². The summed E-state index contributed by atoms with van der Waals surface area (Å²) >= 11 is 0.803. The Hall–Kier alpha value is -2.03. The molecule has 2 heterocycles. The first-order valence-corrected chi connectivity index (χ1v) is 7.51. The van der Waals surface area contributed by atoms with E-state index in [0.29, 0.717) is 13.1 Å². The Bertz CT molecular complexity index is 559. The van der Waals surface area contributed by atoms with Gasteiger partial charge in [0.05, 0.1) is 10.8 Å². The molecule has 0 aromatic carbocycles. The van der Waals surface area contributed by atoms with Gasteiger partial charge in [-0.05, 0) is 17.8 Å². The van der Waals surface area contributed by atoms with Crippen molar-refractivity contribution in [3.05, 3.63) is 16.3 Å². The Kier molecular flexibility index (Phi) is 4.84. The van der Waals surface area contributed by atoms with Gasteiger partial charge in [0.25, 0.3) is 0 Å². The maximum atomic E-state index is 12.1. The number of anilines is 1. The summed E-state index contributed by atoms with van der Waals surface area (Å²) in [5.41, 5.74) is 0. The number of unbranched alkanes of at least 4 members (excludes halogenated alkanes) is 1. The predicted molar refractivity (Wildman–Crippen MR) is 77.0 cm³/mol. The van der Waals surface area contributed by atoms with Gasteiger partial charge in [0.1, 0.15) is 6.20 Å². The fraction of sp³-hybridized carbons (Fsp3) is 0.583. The average Bonchev–Trinajstić information content (AvgIpc) is 3.03. The van der Waals surface area contributed by atoms with Crippen LogP contribution >= 0.6 is 11.3 Å². The highest BCUT2D eigenvalue weighted by Crippen LogP contribution is 2.26. The van der Waals surface area contributed by atoms with Crippen LogP contribution in [0.3, 0.4) is 0 Å². The number of hydrogen-bond donors (Lipinski definition) is 1. The molecular weight excluding hydrogens is 296 g/mol. The molecular formula is C12H16N4O4S. The average molecular weight is 312 g/mol.